The first-order valence-corrected chi connectivity index (χ1v) is 7.19. The average molecular weight is 282 g/mol. The molecule has 1 aliphatic heterocycles. The molecule has 108 valence electrons. The van der Waals surface area contributed by atoms with Crippen LogP contribution >= 0.6 is 0 Å². The lowest BCUT2D eigenvalue weighted by Crippen LogP contribution is -2.46. The van der Waals surface area contributed by atoms with E-state index in [1.54, 1.807) is 12.3 Å². The van der Waals surface area contributed by atoms with E-state index in [1.165, 1.54) is 5.56 Å². The van der Waals surface area contributed by atoms with E-state index in [2.05, 4.69) is 17.1 Å². The number of pyridine rings is 1. The van der Waals surface area contributed by atoms with Crippen LogP contribution in [0.5, 0.6) is 0 Å². The predicted molar refractivity (Wildman–Crippen MR) is 80.0 cm³/mol. The Kier molecular flexibility index (Phi) is 4.26. The van der Waals surface area contributed by atoms with Crippen LogP contribution < -0.4 is 0 Å². The van der Waals surface area contributed by atoms with Gasteiger partial charge >= 0.3 is 0 Å². The summed E-state index contributed by atoms with van der Waals surface area (Å²) in [4.78, 5) is 18.4. The molecule has 0 saturated carbocycles. The van der Waals surface area contributed by atoms with E-state index in [0.717, 1.165) is 6.42 Å². The Bertz CT molecular complexity index is 586. The van der Waals surface area contributed by atoms with E-state index >= 15 is 0 Å². The fourth-order valence-electron chi connectivity index (χ4n) is 2.56. The highest BCUT2D eigenvalue weighted by Crippen LogP contribution is 2.13. The molecular weight excluding hydrogens is 264 g/mol. The lowest BCUT2D eigenvalue weighted by molar-refractivity contribution is -0.0210. The van der Waals surface area contributed by atoms with Crippen molar-refractivity contribution in [3.8, 4) is 0 Å². The number of hydrogen-bond acceptors (Lipinski definition) is 3. The summed E-state index contributed by atoms with van der Waals surface area (Å²) < 4.78 is 5.78. The maximum Gasteiger partial charge on any atom is 0.272 e. The topological polar surface area (TPSA) is 42.4 Å². The van der Waals surface area contributed by atoms with Crippen molar-refractivity contribution < 1.29 is 9.53 Å². The summed E-state index contributed by atoms with van der Waals surface area (Å²) >= 11 is 0. The fourth-order valence-corrected chi connectivity index (χ4v) is 2.56. The summed E-state index contributed by atoms with van der Waals surface area (Å²) in [7, 11) is 0. The highest BCUT2D eigenvalue weighted by Gasteiger charge is 2.25. The summed E-state index contributed by atoms with van der Waals surface area (Å²) in [5.41, 5.74) is 1.73. The van der Waals surface area contributed by atoms with Gasteiger partial charge in [0.15, 0.2) is 0 Å². The van der Waals surface area contributed by atoms with Crippen molar-refractivity contribution in [1.82, 2.24) is 9.88 Å². The van der Waals surface area contributed by atoms with E-state index in [4.69, 9.17) is 4.74 Å². The van der Waals surface area contributed by atoms with Gasteiger partial charge in [-0.2, -0.15) is 0 Å². The number of ether oxygens (including phenoxy) is 1. The number of hydrogen-bond donors (Lipinski definition) is 0. The zero-order valence-electron chi connectivity index (χ0n) is 11.8. The molecule has 1 saturated heterocycles. The first-order chi connectivity index (χ1) is 10.3. The molecule has 1 fully saturated rings. The Morgan fingerprint density at radius 2 is 2.00 bits per heavy atom. The third-order valence-corrected chi connectivity index (χ3v) is 3.62. The number of aromatic nitrogens is 1. The molecule has 1 amide bonds. The number of nitrogens with zero attached hydrogens (tertiary/aromatic N) is 2. The molecule has 4 nitrogen and oxygen atoms in total. The highest BCUT2D eigenvalue weighted by atomic mass is 16.5. The molecule has 0 aliphatic carbocycles. The highest BCUT2D eigenvalue weighted by molar-refractivity contribution is 5.92. The quantitative estimate of drug-likeness (QED) is 0.866. The first-order valence-electron chi connectivity index (χ1n) is 7.19. The summed E-state index contributed by atoms with van der Waals surface area (Å²) in [5.74, 6) is -0.0167. The van der Waals surface area contributed by atoms with E-state index < -0.39 is 0 Å². The number of morpholine rings is 1. The minimum absolute atomic E-state index is 0.0167. The minimum atomic E-state index is -0.0167. The largest absolute Gasteiger partial charge is 0.374 e. The summed E-state index contributed by atoms with van der Waals surface area (Å²) in [5, 5.41) is 0. The van der Waals surface area contributed by atoms with Crippen LogP contribution in [-0.4, -0.2) is 41.6 Å². The van der Waals surface area contributed by atoms with Gasteiger partial charge in [0.05, 0.1) is 12.7 Å². The van der Waals surface area contributed by atoms with Crippen LogP contribution in [0.2, 0.25) is 0 Å². The minimum Gasteiger partial charge on any atom is -0.374 e. The second kappa shape index (κ2) is 6.50. The normalized spacial score (nSPS) is 18.5. The number of carbonyl (C=O) groups excluding carboxylic acids is 1. The zero-order valence-corrected chi connectivity index (χ0v) is 11.8. The zero-order chi connectivity index (χ0) is 14.5. The van der Waals surface area contributed by atoms with Gasteiger partial charge in [0.1, 0.15) is 5.69 Å². The molecule has 0 bridgehead atoms. The summed E-state index contributed by atoms with van der Waals surface area (Å²) in [6.07, 6.45) is 2.52. The van der Waals surface area contributed by atoms with Crippen molar-refractivity contribution in [3.05, 3.63) is 66.0 Å². The molecule has 1 aromatic heterocycles. The van der Waals surface area contributed by atoms with E-state index in [9.17, 15) is 4.79 Å². The van der Waals surface area contributed by atoms with Crippen molar-refractivity contribution in [1.29, 1.82) is 0 Å². The van der Waals surface area contributed by atoms with Crippen LogP contribution in [0.15, 0.2) is 54.7 Å². The van der Waals surface area contributed by atoms with E-state index in [-0.39, 0.29) is 12.0 Å². The lowest BCUT2D eigenvalue weighted by Gasteiger charge is -2.32. The second-order valence-corrected chi connectivity index (χ2v) is 5.15. The van der Waals surface area contributed by atoms with Crippen molar-refractivity contribution in [2.24, 2.45) is 0 Å². The van der Waals surface area contributed by atoms with Gasteiger partial charge in [-0.1, -0.05) is 36.4 Å². The average Bonchev–Trinajstić information content (AvgIpc) is 2.56. The third-order valence-electron chi connectivity index (χ3n) is 3.62. The Morgan fingerprint density at radius 1 is 1.19 bits per heavy atom. The van der Waals surface area contributed by atoms with Gasteiger partial charge in [0.2, 0.25) is 0 Å². The van der Waals surface area contributed by atoms with Crippen molar-refractivity contribution in [2.75, 3.05) is 19.7 Å². The van der Waals surface area contributed by atoms with Crippen LogP contribution in [0.25, 0.3) is 0 Å². The standard InChI is InChI=1S/C17H18N2O2/c20-17(16-8-4-5-9-18-16)19-10-11-21-15(13-19)12-14-6-2-1-3-7-14/h1-9,15H,10-13H2. The summed E-state index contributed by atoms with van der Waals surface area (Å²) in [6, 6.07) is 15.6. The summed E-state index contributed by atoms with van der Waals surface area (Å²) in [6.45, 7) is 1.82. The Labute approximate surface area is 124 Å². The maximum atomic E-state index is 12.4. The van der Waals surface area contributed by atoms with Gasteiger partial charge in [-0.3, -0.25) is 9.78 Å². The monoisotopic (exact) mass is 282 g/mol. The van der Waals surface area contributed by atoms with E-state index in [1.807, 2.05) is 35.2 Å². The van der Waals surface area contributed by atoms with Gasteiger partial charge in [0.25, 0.3) is 5.91 Å². The Hall–Kier alpha value is -2.20. The van der Waals surface area contributed by atoms with Gasteiger partial charge in [-0.05, 0) is 17.7 Å². The van der Waals surface area contributed by atoms with E-state index in [0.29, 0.717) is 25.4 Å². The predicted octanol–water partition coefficient (Wildman–Crippen LogP) is 2.17. The van der Waals surface area contributed by atoms with Crippen LogP contribution in [0, 0.1) is 0 Å². The van der Waals surface area contributed by atoms with Crippen molar-refractivity contribution in [2.45, 2.75) is 12.5 Å². The number of rotatable bonds is 3. The van der Waals surface area contributed by atoms with Gasteiger partial charge < -0.3 is 9.64 Å². The molecule has 1 atom stereocenters. The Morgan fingerprint density at radius 3 is 2.76 bits per heavy atom. The molecule has 1 aliphatic rings. The number of carbonyl (C=O) groups is 1. The number of benzene rings is 1. The first kappa shape index (κ1) is 13.8. The molecule has 0 spiro atoms. The fraction of sp³-hybridized carbons (Fsp3) is 0.294. The molecule has 21 heavy (non-hydrogen) atoms. The molecule has 0 N–H and O–H groups in total. The van der Waals surface area contributed by atoms with Crippen LogP contribution in [0.1, 0.15) is 16.1 Å². The van der Waals surface area contributed by atoms with Crippen LogP contribution in [-0.2, 0) is 11.2 Å². The van der Waals surface area contributed by atoms with Gasteiger partial charge in [-0.15, -0.1) is 0 Å². The molecule has 4 heteroatoms. The Balaban J connectivity index is 1.64. The molecule has 0 radical (unpaired) electrons. The molecule has 2 aromatic rings. The second-order valence-electron chi connectivity index (χ2n) is 5.15. The molecule has 2 heterocycles. The van der Waals surface area contributed by atoms with Crippen molar-refractivity contribution >= 4 is 5.91 Å². The SMILES string of the molecule is O=C(c1ccccn1)N1CCOC(Cc2ccccc2)C1. The molecular formula is C17H18N2O2. The van der Waals surface area contributed by atoms with Crippen molar-refractivity contribution in [3.63, 3.8) is 0 Å². The lowest BCUT2D eigenvalue weighted by atomic mass is 10.1. The maximum absolute atomic E-state index is 12.4. The smallest absolute Gasteiger partial charge is 0.272 e. The van der Waals surface area contributed by atoms with Crippen LogP contribution in [0.4, 0.5) is 0 Å². The third kappa shape index (κ3) is 3.47. The molecule has 1 unspecified atom stereocenters. The molecule has 3 rings (SSSR count). The molecule has 1 aromatic carbocycles. The van der Waals surface area contributed by atoms with Crippen LogP contribution in [0.3, 0.4) is 0 Å². The van der Waals surface area contributed by atoms with Gasteiger partial charge in [0, 0.05) is 25.7 Å². The van der Waals surface area contributed by atoms with Gasteiger partial charge in [-0.25, -0.2) is 0 Å². The number of amides is 1.